The molecule has 1 unspecified atom stereocenters. The lowest BCUT2D eigenvalue weighted by atomic mass is 10.1. The van der Waals surface area contributed by atoms with Crippen molar-refractivity contribution in [1.29, 1.82) is 0 Å². The van der Waals surface area contributed by atoms with Crippen LogP contribution < -0.4 is 4.74 Å². The monoisotopic (exact) mass is 234 g/mol. The predicted octanol–water partition coefficient (Wildman–Crippen LogP) is 2.63. The number of carbonyl (C=O) groups excluding carboxylic acids is 1. The van der Waals surface area contributed by atoms with Crippen LogP contribution in [0.15, 0.2) is 18.2 Å². The second-order valence-electron chi connectivity index (χ2n) is 4.67. The molecular formula is C14H18O3. The number of carbonyl (C=O) groups is 1. The maximum atomic E-state index is 11.6. The molecule has 0 heterocycles. The number of methoxy groups -OCH3 is 1. The van der Waals surface area contributed by atoms with Gasteiger partial charge in [-0.1, -0.05) is 12.1 Å². The second-order valence-corrected chi connectivity index (χ2v) is 4.67. The van der Waals surface area contributed by atoms with E-state index in [0.29, 0.717) is 5.92 Å². The number of aryl methyl sites for hydroxylation is 2. The summed E-state index contributed by atoms with van der Waals surface area (Å²) in [4.78, 5) is 11.6. The van der Waals surface area contributed by atoms with Crippen LogP contribution in [0.1, 0.15) is 24.0 Å². The van der Waals surface area contributed by atoms with E-state index in [-0.39, 0.29) is 5.97 Å². The highest BCUT2D eigenvalue weighted by Gasteiger charge is 2.39. The third kappa shape index (κ3) is 2.78. The lowest BCUT2D eigenvalue weighted by molar-refractivity contribution is -0.149. The van der Waals surface area contributed by atoms with Crippen molar-refractivity contribution in [2.45, 2.75) is 32.8 Å². The van der Waals surface area contributed by atoms with Gasteiger partial charge in [-0.3, -0.25) is 0 Å². The van der Waals surface area contributed by atoms with E-state index >= 15 is 0 Å². The molecule has 3 heteroatoms. The van der Waals surface area contributed by atoms with Gasteiger partial charge in [-0.15, -0.1) is 0 Å². The first-order valence-electron chi connectivity index (χ1n) is 5.93. The van der Waals surface area contributed by atoms with Gasteiger partial charge in [0.15, 0.2) is 6.10 Å². The quantitative estimate of drug-likeness (QED) is 0.751. The molecule has 1 aliphatic carbocycles. The Kier molecular flexibility index (Phi) is 3.36. The lowest BCUT2D eigenvalue weighted by Gasteiger charge is -2.18. The number of rotatable bonds is 4. The van der Waals surface area contributed by atoms with Gasteiger partial charge in [-0.25, -0.2) is 4.79 Å². The summed E-state index contributed by atoms with van der Waals surface area (Å²) in [7, 11) is 1.41. The number of hydrogen-bond donors (Lipinski definition) is 0. The highest BCUT2D eigenvalue weighted by molar-refractivity contribution is 5.75. The standard InChI is InChI=1S/C14H18O3/c1-9-4-5-10(2)12(8-9)17-13(11-6-7-11)14(15)16-3/h4-5,8,11,13H,6-7H2,1-3H3. The first-order valence-corrected chi connectivity index (χ1v) is 5.93. The fourth-order valence-corrected chi connectivity index (χ4v) is 1.82. The third-order valence-corrected chi connectivity index (χ3v) is 3.08. The minimum absolute atomic E-state index is 0.270. The average Bonchev–Trinajstić information content (AvgIpc) is 3.13. The molecule has 3 nitrogen and oxygen atoms in total. The van der Waals surface area contributed by atoms with E-state index in [0.717, 1.165) is 29.7 Å². The Bertz CT molecular complexity index is 421. The highest BCUT2D eigenvalue weighted by Crippen LogP contribution is 2.36. The Morgan fingerprint density at radius 3 is 2.65 bits per heavy atom. The molecule has 92 valence electrons. The molecule has 0 saturated heterocycles. The number of esters is 1. The molecule has 17 heavy (non-hydrogen) atoms. The van der Waals surface area contributed by atoms with Crippen LogP contribution in [-0.4, -0.2) is 19.2 Å². The van der Waals surface area contributed by atoms with E-state index in [1.165, 1.54) is 7.11 Å². The summed E-state index contributed by atoms with van der Waals surface area (Å²) in [5.41, 5.74) is 2.18. The van der Waals surface area contributed by atoms with Crippen LogP contribution in [0.2, 0.25) is 0 Å². The van der Waals surface area contributed by atoms with Gasteiger partial charge in [0.2, 0.25) is 0 Å². The van der Waals surface area contributed by atoms with Crippen LogP contribution in [0.5, 0.6) is 5.75 Å². The van der Waals surface area contributed by atoms with Gasteiger partial charge in [-0.2, -0.15) is 0 Å². The molecule has 1 saturated carbocycles. The van der Waals surface area contributed by atoms with E-state index in [4.69, 9.17) is 9.47 Å². The molecule has 1 fully saturated rings. The summed E-state index contributed by atoms with van der Waals surface area (Å²) in [5.74, 6) is 0.836. The van der Waals surface area contributed by atoms with Crippen molar-refractivity contribution in [3.05, 3.63) is 29.3 Å². The minimum atomic E-state index is -0.444. The van der Waals surface area contributed by atoms with Gasteiger partial charge >= 0.3 is 5.97 Å². The summed E-state index contributed by atoms with van der Waals surface area (Å²) in [6.45, 7) is 3.99. The first kappa shape index (κ1) is 12.0. The summed E-state index contributed by atoms with van der Waals surface area (Å²) in [6.07, 6.45) is 1.65. The molecule has 0 aromatic heterocycles. The summed E-state index contributed by atoms with van der Waals surface area (Å²) in [5, 5.41) is 0. The number of ether oxygens (including phenoxy) is 2. The third-order valence-electron chi connectivity index (χ3n) is 3.08. The molecule has 1 aromatic rings. The molecule has 0 aliphatic heterocycles. The molecule has 1 aromatic carbocycles. The van der Waals surface area contributed by atoms with E-state index in [2.05, 4.69) is 0 Å². The fourth-order valence-electron chi connectivity index (χ4n) is 1.82. The Hall–Kier alpha value is -1.51. The fraction of sp³-hybridized carbons (Fsp3) is 0.500. The van der Waals surface area contributed by atoms with Crippen molar-refractivity contribution in [3.8, 4) is 5.75 Å². The van der Waals surface area contributed by atoms with Crippen LogP contribution in [0.25, 0.3) is 0 Å². The Balaban J connectivity index is 2.16. The van der Waals surface area contributed by atoms with Crippen LogP contribution in [0.3, 0.4) is 0 Å². The van der Waals surface area contributed by atoms with E-state index < -0.39 is 6.10 Å². The van der Waals surface area contributed by atoms with Crippen molar-refractivity contribution in [1.82, 2.24) is 0 Å². The summed E-state index contributed by atoms with van der Waals surface area (Å²) < 4.78 is 10.6. The largest absolute Gasteiger partial charge is 0.478 e. The number of hydrogen-bond acceptors (Lipinski definition) is 3. The Labute approximate surface area is 102 Å². The van der Waals surface area contributed by atoms with Gasteiger partial charge in [0.25, 0.3) is 0 Å². The zero-order chi connectivity index (χ0) is 12.4. The van der Waals surface area contributed by atoms with Gasteiger partial charge in [0.05, 0.1) is 7.11 Å². The molecule has 0 amide bonds. The molecule has 1 aliphatic rings. The SMILES string of the molecule is COC(=O)C(Oc1cc(C)ccc1C)C1CC1. The topological polar surface area (TPSA) is 35.5 Å². The molecule has 2 rings (SSSR count). The van der Waals surface area contributed by atoms with Crippen LogP contribution in [0.4, 0.5) is 0 Å². The second kappa shape index (κ2) is 4.78. The Morgan fingerprint density at radius 2 is 2.06 bits per heavy atom. The molecular weight excluding hydrogens is 216 g/mol. The van der Waals surface area contributed by atoms with E-state index in [9.17, 15) is 4.79 Å². The van der Waals surface area contributed by atoms with Gasteiger partial charge in [-0.05, 0) is 43.9 Å². The normalized spacial score (nSPS) is 16.4. The van der Waals surface area contributed by atoms with Crippen molar-refractivity contribution >= 4 is 5.97 Å². The van der Waals surface area contributed by atoms with Crippen molar-refractivity contribution in [2.75, 3.05) is 7.11 Å². The van der Waals surface area contributed by atoms with Crippen molar-refractivity contribution in [3.63, 3.8) is 0 Å². The highest BCUT2D eigenvalue weighted by atomic mass is 16.6. The van der Waals surface area contributed by atoms with Crippen LogP contribution in [-0.2, 0) is 9.53 Å². The maximum Gasteiger partial charge on any atom is 0.347 e. The first-order chi connectivity index (χ1) is 8.11. The van der Waals surface area contributed by atoms with Gasteiger partial charge in [0.1, 0.15) is 5.75 Å². The summed E-state index contributed by atoms with van der Waals surface area (Å²) >= 11 is 0. The summed E-state index contributed by atoms with van der Waals surface area (Å²) in [6, 6.07) is 6.01. The molecule has 0 radical (unpaired) electrons. The van der Waals surface area contributed by atoms with Crippen molar-refractivity contribution < 1.29 is 14.3 Å². The molecule has 0 N–H and O–H groups in total. The lowest BCUT2D eigenvalue weighted by Crippen LogP contribution is -2.30. The minimum Gasteiger partial charge on any atom is -0.478 e. The van der Waals surface area contributed by atoms with Gasteiger partial charge < -0.3 is 9.47 Å². The zero-order valence-electron chi connectivity index (χ0n) is 10.5. The number of benzene rings is 1. The van der Waals surface area contributed by atoms with Crippen molar-refractivity contribution in [2.24, 2.45) is 5.92 Å². The van der Waals surface area contributed by atoms with Crippen LogP contribution in [0, 0.1) is 19.8 Å². The zero-order valence-corrected chi connectivity index (χ0v) is 10.5. The molecule has 0 spiro atoms. The van der Waals surface area contributed by atoms with E-state index in [1.54, 1.807) is 0 Å². The smallest absolute Gasteiger partial charge is 0.347 e. The predicted molar refractivity (Wildman–Crippen MR) is 65.1 cm³/mol. The molecule has 1 atom stereocenters. The van der Waals surface area contributed by atoms with E-state index in [1.807, 2.05) is 32.0 Å². The maximum absolute atomic E-state index is 11.6. The van der Waals surface area contributed by atoms with Gasteiger partial charge in [0, 0.05) is 5.92 Å². The molecule has 0 bridgehead atoms. The Morgan fingerprint density at radius 1 is 1.35 bits per heavy atom. The average molecular weight is 234 g/mol. The van der Waals surface area contributed by atoms with Crippen LogP contribution >= 0.6 is 0 Å².